The Morgan fingerprint density at radius 3 is 2.76 bits per heavy atom. The van der Waals surface area contributed by atoms with Crippen molar-refractivity contribution in [3.05, 3.63) is 29.3 Å². The van der Waals surface area contributed by atoms with E-state index in [0.717, 1.165) is 30.5 Å². The van der Waals surface area contributed by atoms with Crippen LogP contribution in [0.3, 0.4) is 0 Å². The number of anilines is 1. The molecule has 1 atom stereocenters. The molecule has 1 heterocycles. The molecule has 2 aliphatic rings. The lowest BCUT2D eigenvalue weighted by Gasteiger charge is -2.20. The maximum absolute atomic E-state index is 13.1. The normalized spacial score (nSPS) is 23.0. The third-order valence-corrected chi connectivity index (χ3v) is 4.08. The third kappa shape index (κ3) is 3.52. The van der Waals surface area contributed by atoms with E-state index in [1.165, 1.54) is 12.0 Å². The fraction of sp³-hybridized carbons (Fsp3) is 0.533. The lowest BCUT2D eigenvalue weighted by molar-refractivity contribution is -0.118. The second kappa shape index (κ2) is 6.28. The lowest BCUT2D eigenvalue weighted by atomic mass is 9.90. The van der Waals surface area contributed by atoms with Gasteiger partial charge in [-0.05, 0) is 42.9 Å². The fourth-order valence-electron chi connectivity index (χ4n) is 3.02. The van der Waals surface area contributed by atoms with E-state index >= 15 is 0 Å². The first-order valence-electron chi connectivity index (χ1n) is 7.08. The van der Waals surface area contributed by atoms with Gasteiger partial charge in [0.1, 0.15) is 0 Å². The fourth-order valence-corrected chi connectivity index (χ4v) is 3.02. The van der Waals surface area contributed by atoms with Crippen molar-refractivity contribution in [2.24, 2.45) is 0 Å². The van der Waals surface area contributed by atoms with Crippen LogP contribution in [0.1, 0.15) is 30.4 Å². The molecule has 0 radical (unpaired) electrons. The van der Waals surface area contributed by atoms with E-state index in [0.29, 0.717) is 0 Å². The van der Waals surface area contributed by atoms with Crippen LogP contribution in [-0.4, -0.2) is 24.4 Å². The predicted molar refractivity (Wildman–Crippen MR) is 80.3 cm³/mol. The van der Waals surface area contributed by atoms with E-state index in [2.05, 4.69) is 16.7 Å². The molecule has 21 heavy (non-hydrogen) atoms. The minimum absolute atomic E-state index is 0. The van der Waals surface area contributed by atoms with E-state index in [-0.39, 0.29) is 18.3 Å². The van der Waals surface area contributed by atoms with Gasteiger partial charge in [0.2, 0.25) is 5.91 Å². The summed E-state index contributed by atoms with van der Waals surface area (Å²) < 4.78 is 26.2. The number of alkyl halides is 2. The first-order chi connectivity index (χ1) is 9.55. The summed E-state index contributed by atoms with van der Waals surface area (Å²) in [5.41, 5.74) is 3.21. The van der Waals surface area contributed by atoms with Gasteiger partial charge in [-0.3, -0.25) is 10.1 Å². The van der Waals surface area contributed by atoms with Crippen molar-refractivity contribution in [3.8, 4) is 0 Å². The lowest BCUT2D eigenvalue weighted by Crippen LogP contribution is -2.35. The van der Waals surface area contributed by atoms with Crippen molar-refractivity contribution < 1.29 is 13.6 Å². The van der Waals surface area contributed by atoms with Crippen molar-refractivity contribution >= 4 is 24.0 Å². The Hall–Kier alpha value is -1.20. The van der Waals surface area contributed by atoms with E-state index < -0.39 is 24.9 Å². The second-order valence-electron chi connectivity index (χ2n) is 5.63. The monoisotopic (exact) mass is 316 g/mol. The molecule has 1 aromatic carbocycles. The zero-order valence-corrected chi connectivity index (χ0v) is 12.4. The maximum atomic E-state index is 13.1. The molecule has 0 bridgehead atoms. The molecular formula is C15H19ClF2N2O. The number of carbonyl (C=O) groups is 1. The van der Waals surface area contributed by atoms with Crippen LogP contribution in [0.4, 0.5) is 14.5 Å². The molecule has 1 unspecified atom stereocenters. The first kappa shape index (κ1) is 16.2. The van der Waals surface area contributed by atoms with Crippen LogP contribution in [0.5, 0.6) is 0 Å². The maximum Gasteiger partial charge on any atom is 0.262 e. The van der Waals surface area contributed by atoms with Crippen LogP contribution < -0.4 is 10.6 Å². The largest absolute Gasteiger partial charge is 0.324 e. The van der Waals surface area contributed by atoms with Crippen LogP contribution in [0.25, 0.3) is 0 Å². The molecule has 1 saturated heterocycles. The average Bonchev–Trinajstić information content (AvgIpc) is 2.80. The highest BCUT2D eigenvalue weighted by atomic mass is 35.5. The molecule has 1 amide bonds. The van der Waals surface area contributed by atoms with E-state index in [1.807, 2.05) is 12.1 Å². The third-order valence-electron chi connectivity index (χ3n) is 4.08. The summed E-state index contributed by atoms with van der Waals surface area (Å²) in [5.74, 6) is -3.14. The van der Waals surface area contributed by atoms with Crippen LogP contribution in [0.2, 0.25) is 0 Å². The molecule has 1 aliphatic heterocycles. The molecule has 6 heteroatoms. The second-order valence-corrected chi connectivity index (χ2v) is 5.63. The molecule has 0 saturated carbocycles. The van der Waals surface area contributed by atoms with Gasteiger partial charge in [-0.2, -0.15) is 0 Å². The van der Waals surface area contributed by atoms with Crippen molar-refractivity contribution in [1.82, 2.24) is 5.32 Å². The van der Waals surface area contributed by atoms with Crippen molar-refractivity contribution in [2.75, 3.05) is 11.9 Å². The van der Waals surface area contributed by atoms with E-state index in [4.69, 9.17) is 0 Å². The quantitative estimate of drug-likeness (QED) is 0.881. The summed E-state index contributed by atoms with van der Waals surface area (Å²) in [4.78, 5) is 12.1. The van der Waals surface area contributed by atoms with Gasteiger partial charge in [0.05, 0.1) is 12.6 Å². The molecule has 116 valence electrons. The molecule has 0 aromatic heterocycles. The molecule has 1 aromatic rings. The summed E-state index contributed by atoms with van der Waals surface area (Å²) in [7, 11) is 0. The number of halogens is 3. The summed E-state index contributed by atoms with van der Waals surface area (Å²) in [5, 5.41) is 5.40. The number of fused-ring (bicyclic) bond motifs is 1. The van der Waals surface area contributed by atoms with Crippen LogP contribution >= 0.6 is 12.4 Å². The van der Waals surface area contributed by atoms with E-state index in [1.54, 1.807) is 0 Å². The van der Waals surface area contributed by atoms with Gasteiger partial charge in [-0.1, -0.05) is 12.1 Å². The SMILES string of the molecule is Cl.O=C(Nc1cccc2c1CCCC2)C1CC(F)(F)CN1. The van der Waals surface area contributed by atoms with Gasteiger partial charge in [0.25, 0.3) is 5.92 Å². The summed E-state index contributed by atoms with van der Waals surface area (Å²) >= 11 is 0. The van der Waals surface area contributed by atoms with Gasteiger partial charge in [-0.25, -0.2) is 8.78 Å². The average molecular weight is 317 g/mol. The number of rotatable bonds is 2. The molecule has 2 N–H and O–H groups in total. The minimum Gasteiger partial charge on any atom is -0.324 e. The Labute approximate surface area is 128 Å². The zero-order chi connectivity index (χ0) is 14.2. The highest BCUT2D eigenvalue weighted by Crippen LogP contribution is 2.29. The van der Waals surface area contributed by atoms with E-state index in [9.17, 15) is 13.6 Å². The van der Waals surface area contributed by atoms with Gasteiger partial charge < -0.3 is 5.32 Å². The topological polar surface area (TPSA) is 41.1 Å². The molecule has 3 rings (SSSR count). The van der Waals surface area contributed by atoms with Crippen molar-refractivity contribution in [3.63, 3.8) is 0 Å². The van der Waals surface area contributed by atoms with Gasteiger partial charge in [0, 0.05) is 12.1 Å². The van der Waals surface area contributed by atoms with Crippen molar-refractivity contribution in [2.45, 2.75) is 44.1 Å². The number of hydrogen-bond donors (Lipinski definition) is 2. The number of aryl methyl sites for hydroxylation is 1. The summed E-state index contributed by atoms with van der Waals surface area (Å²) in [6.45, 7) is -0.419. The number of benzene rings is 1. The molecule has 3 nitrogen and oxygen atoms in total. The molecule has 1 aliphatic carbocycles. The smallest absolute Gasteiger partial charge is 0.262 e. The zero-order valence-electron chi connectivity index (χ0n) is 11.6. The molecular weight excluding hydrogens is 298 g/mol. The Morgan fingerprint density at radius 2 is 2.05 bits per heavy atom. The number of hydrogen-bond acceptors (Lipinski definition) is 2. The first-order valence-corrected chi connectivity index (χ1v) is 7.08. The standard InChI is InChI=1S/C15H18F2N2O.ClH/c16-15(17)8-13(18-9-15)14(20)19-12-7-3-5-10-4-1-2-6-11(10)12;/h3,5,7,13,18H,1-2,4,6,8-9H2,(H,19,20);1H. The Bertz CT molecular complexity index is 536. The molecule has 0 spiro atoms. The van der Waals surface area contributed by atoms with Gasteiger partial charge in [0.15, 0.2) is 0 Å². The Balaban J connectivity index is 0.00000161. The van der Waals surface area contributed by atoms with Gasteiger partial charge >= 0.3 is 0 Å². The number of nitrogens with one attached hydrogen (secondary N) is 2. The Morgan fingerprint density at radius 1 is 1.29 bits per heavy atom. The molecule has 1 fully saturated rings. The van der Waals surface area contributed by atoms with Crippen LogP contribution in [-0.2, 0) is 17.6 Å². The highest BCUT2D eigenvalue weighted by Gasteiger charge is 2.42. The number of amides is 1. The summed E-state index contributed by atoms with van der Waals surface area (Å²) in [6.07, 6.45) is 3.83. The summed E-state index contributed by atoms with van der Waals surface area (Å²) in [6, 6.07) is 5.04. The van der Waals surface area contributed by atoms with Crippen molar-refractivity contribution in [1.29, 1.82) is 0 Å². The predicted octanol–water partition coefficient (Wildman–Crippen LogP) is 2.92. The minimum atomic E-state index is -2.78. The van der Waals surface area contributed by atoms with Crippen LogP contribution in [0.15, 0.2) is 18.2 Å². The van der Waals surface area contributed by atoms with Crippen LogP contribution in [0, 0.1) is 0 Å². The number of carbonyl (C=O) groups excluding carboxylic acids is 1. The highest BCUT2D eigenvalue weighted by molar-refractivity contribution is 5.96. The van der Waals surface area contributed by atoms with Gasteiger partial charge in [-0.15, -0.1) is 12.4 Å². The Kier molecular flexibility index (Phi) is 4.84.